The second kappa shape index (κ2) is 5.73. The van der Waals surface area contributed by atoms with Gasteiger partial charge in [-0.2, -0.15) is 0 Å². The molecule has 0 saturated carbocycles. The van der Waals surface area contributed by atoms with Crippen LogP contribution >= 0.6 is 11.3 Å². The van der Waals surface area contributed by atoms with Crippen molar-refractivity contribution in [1.29, 1.82) is 0 Å². The van der Waals surface area contributed by atoms with Crippen LogP contribution in [0.2, 0.25) is 0 Å². The van der Waals surface area contributed by atoms with Crippen molar-refractivity contribution in [3.8, 4) is 21.7 Å². The van der Waals surface area contributed by atoms with E-state index in [1.807, 2.05) is 37.3 Å². The highest BCUT2D eigenvalue weighted by Gasteiger charge is 2.17. The quantitative estimate of drug-likeness (QED) is 0.756. The Hall–Kier alpha value is -2.46. The Morgan fingerprint density at radius 1 is 1.05 bits per heavy atom. The van der Waals surface area contributed by atoms with Gasteiger partial charge in [-0.25, -0.2) is 9.78 Å². The standard InChI is InChI=1S/C18H15NO2S/c1-11-8-9-14(13-6-4-3-5-7-13)15(10-11)17-19-12(2)16(22-17)18(20)21/h3-10H,1-2H3,(H,20,21). The lowest BCUT2D eigenvalue weighted by atomic mass is 9.98. The van der Waals surface area contributed by atoms with Gasteiger partial charge >= 0.3 is 5.97 Å². The summed E-state index contributed by atoms with van der Waals surface area (Å²) in [5.41, 5.74) is 4.83. The van der Waals surface area contributed by atoms with Crippen LogP contribution in [0.4, 0.5) is 0 Å². The molecule has 3 aromatic rings. The minimum Gasteiger partial charge on any atom is -0.477 e. The van der Waals surface area contributed by atoms with Gasteiger partial charge in [0, 0.05) is 5.56 Å². The number of carboxylic acids is 1. The van der Waals surface area contributed by atoms with Gasteiger partial charge in [0.15, 0.2) is 0 Å². The number of thiazole rings is 1. The number of aromatic nitrogens is 1. The molecule has 0 atom stereocenters. The van der Waals surface area contributed by atoms with Crippen molar-refractivity contribution in [2.75, 3.05) is 0 Å². The Kier molecular flexibility index (Phi) is 3.77. The molecule has 22 heavy (non-hydrogen) atoms. The SMILES string of the molecule is Cc1ccc(-c2ccccc2)c(-c2nc(C)c(C(=O)O)s2)c1. The Bertz CT molecular complexity index is 838. The first-order chi connectivity index (χ1) is 10.6. The van der Waals surface area contributed by atoms with Crippen molar-refractivity contribution in [2.45, 2.75) is 13.8 Å². The second-order valence-electron chi connectivity index (χ2n) is 5.15. The summed E-state index contributed by atoms with van der Waals surface area (Å²) in [4.78, 5) is 16.0. The van der Waals surface area contributed by atoms with Crippen molar-refractivity contribution >= 4 is 17.3 Å². The fraction of sp³-hybridized carbons (Fsp3) is 0.111. The molecule has 1 heterocycles. The molecule has 4 heteroatoms. The lowest BCUT2D eigenvalue weighted by Crippen LogP contribution is -1.94. The van der Waals surface area contributed by atoms with E-state index in [1.54, 1.807) is 6.92 Å². The van der Waals surface area contributed by atoms with Crippen LogP contribution in [0.25, 0.3) is 21.7 Å². The molecule has 0 bridgehead atoms. The van der Waals surface area contributed by atoms with E-state index < -0.39 is 5.97 Å². The van der Waals surface area contributed by atoms with Gasteiger partial charge in [-0.15, -0.1) is 11.3 Å². The Morgan fingerprint density at radius 2 is 1.77 bits per heavy atom. The number of aromatic carboxylic acids is 1. The lowest BCUT2D eigenvalue weighted by molar-refractivity contribution is 0.0701. The first-order valence-corrected chi connectivity index (χ1v) is 7.75. The molecule has 2 aromatic carbocycles. The van der Waals surface area contributed by atoms with E-state index in [4.69, 9.17) is 0 Å². The van der Waals surface area contributed by atoms with Crippen LogP contribution in [0.3, 0.4) is 0 Å². The molecule has 0 amide bonds. The van der Waals surface area contributed by atoms with Crippen molar-refractivity contribution < 1.29 is 9.90 Å². The topological polar surface area (TPSA) is 50.2 Å². The third-order valence-corrected chi connectivity index (χ3v) is 4.66. The zero-order chi connectivity index (χ0) is 15.7. The highest BCUT2D eigenvalue weighted by atomic mass is 32.1. The Labute approximate surface area is 132 Å². The molecule has 1 aromatic heterocycles. The molecule has 0 spiro atoms. The molecule has 0 saturated heterocycles. The number of hydrogen-bond acceptors (Lipinski definition) is 3. The van der Waals surface area contributed by atoms with E-state index in [0.717, 1.165) is 27.3 Å². The van der Waals surface area contributed by atoms with E-state index >= 15 is 0 Å². The van der Waals surface area contributed by atoms with Crippen molar-refractivity contribution in [2.24, 2.45) is 0 Å². The van der Waals surface area contributed by atoms with E-state index in [0.29, 0.717) is 10.6 Å². The van der Waals surface area contributed by atoms with E-state index in [9.17, 15) is 9.90 Å². The maximum atomic E-state index is 11.3. The average Bonchev–Trinajstić information content (AvgIpc) is 2.90. The van der Waals surface area contributed by atoms with E-state index in [1.165, 1.54) is 11.3 Å². The molecule has 0 aliphatic rings. The number of aryl methyl sites for hydroxylation is 2. The van der Waals surface area contributed by atoms with Crippen LogP contribution in [0, 0.1) is 13.8 Å². The summed E-state index contributed by atoms with van der Waals surface area (Å²) in [6.07, 6.45) is 0. The Balaban J connectivity index is 2.20. The zero-order valence-electron chi connectivity index (χ0n) is 12.3. The van der Waals surface area contributed by atoms with Gasteiger partial charge in [-0.3, -0.25) is 0 Å². The van der Waals surface area contributed by atoms with Gasteiger partial charge in [0.25, 0.3) is 0 Å². The summed E-state index contributed by atoms with van der Waals surface area (Å²) >= 11 is 1.23. The number of carboxylic acid groups (broad SMARTS) is 1. The lowest BCUT2D eigenvalue weighted by Gasteiger charge is -2.09. The van der Waals surface area contributed by atoms with Gasteiger partial charge in [0.05, 0.1) is 5.69 Å². The largest absolute Gasteiger partial charge is 0.477 e. The van der Waals surface area contributed by atoms with E-state index in [-0.39, 0.29) is 0 Å². The van der Waals surface area contributed by atoms with Crippen LogP contribution < -0.4 is 0 Å². The zero-order valence-corrected chi connectivity index (χ0v) is 13.1. The highest BCUT2D eigenvalue weighted by molar-refractivity contribution is 7.17. The number of benzene rings is 2. The number of hydrogen-bond donors (Lipinski definition) is 1. The van der Waals surface area contributed by atoms with Gasteiger partial charge in [-0.1, -0.05) is 48.0 Å². The summed E-state index contributed by atoms with van der Waals surface area (Å²) in [6, 6.07) is 16.3. The predicted octanol–water partition coefficient (Wildman–Crippen LogP) is 4.79. The van der Waals surface area contributed by atoms with Crippen LogP contribution in [0.5, 0.6) is 0 Å². The molecule has 0 radical (unpaired) electrons. The van der Waals surface area contributed by atoms with Gasteiger partial charge < -0.3 is 5.11 Å². The second-order valence-corrected chi connectivity index (χ2v) is 6.15. The van der Waals surface area contributed by atoms with Crippen LogP contribution in [0.1, 0.15) is 20.9 Å². The first-order valence-electron chi connectivity index (χ1n) is 6.93. The summed E-state index contributed by atoms with van der Waals surface area (Å²) in [7, 11) is 0. The van der Waals surface area contributed by atoms with Crippen LogP contribution in [-0.2, 0) is 0 Å². The molecule has 0 fully saturated rings. The fourth-order valence-corrected chi connectivity index (χ4v) is 3.35. The van der Waals surface area contributed by atoms with Crippen LogP contribution in [0.15, 0.2) is 48.5 Å². The predicted molar refractivity (Wildman–Crippen MR) is 89.4 cm³/mol. The number of nitrogens with zero attached hydrogens (tertiary/aromatic N) is 1. The van der Waals surface area contributed by atoms with E-state index in [2.05, 4.69) is 23.2 Å². The minimum absolute atomic E-state index is 0.301. The molecular weight excluding hydrogens is 294 g/mol. The summed E-state index contributed by atoms with van der Waals surface area (Å²) in [6.45, 7) is 3.76. The Morgan fingerprint density at radius 3 is 2.41 bits per heavy atom. The maximum absolute atomic E-state index is 11.3. The summed E-state index contributed by atoms with van der Waals surface area (Å²) < 4.78 is 0. The van der Waals surface area contributed by atoms with Crippen molar-refractivity contribution in [3.05, 3.63) is 64.7 Å². The molecule has 0 aliphatic carbocycles. The molecule has 1 N–H and O–H groups in total. The normalized spacial score (nSPS) is 10.6. The number of carbonyl (C=O) groups is 1. The van der Waals surface area contributed by atoms with Gasteiger partial charge in [0.1, 0.15) is 9.88 Å². The first kappa shape index (κ1) is 14.5. The van der Waals surface area contributed by atoms with Crippen molar-refractivity contribution in [3.63, 3.8) is 0 Å². The minimum atomic E-state index is -0.921. The maximum Gasteiger partial charge on any atom is 0.347 e. The van der Waals surface area contributed by atoms with Crippen LogP contribution in [-0.4, -0.2) is 16.1 Å². The van der Waals surface area contributed by atoms with Crippen molar-refractivity contribution in [1.82, 2.24) is 4.98 Å². The third kappa shape index (κ3) is 2.65. The monoisotopic (exact) mass is 309 g/mol. The van der Waals surface area contributed by atoms with Gasteiger partial charge in [0.2, 0.25) is 0 Å². The molecule has 3 rings (SSSR count). The summed E-state index contributed by atoms with van der Waals surface area (Å²) in [5, 5.41) is 9.98. The molecule has 3 nitrogen and oxygen atoms in total. The highest BCUT2D eigenvalue weighted by Crippen LogP contribution is 2.36. The fourth-order valence-electron chi connectivity index (χ4n) is 2.41. The average molecular weight is 309 g/mol. The summed E-state index contributed by atoms with van der Waals surface area (Å²) in [5.74, 6) is -0.921. The smallest absolute Gasteiger partial charge is 0.347 e. The molecule has 110 valence electrons. The molecule has 0 aliphatic heterocycles. The molecular formula is C18H15NO2S. The third-order valence-electron chi connectivity index (χ3n) is 3.48. The molecule has 0 unspecified atom stereocenters. The number of rotatable bonds is 3. The van der Waals surface area contributed by atoms with Gasteiger partial charge in [-0.05, 0) is 31.0 Å².